The summed E-state index contributed by atoms with van der Waals surface area (Å²) < 4.78 is 22.8. The second-order valence-corrected chi connectivity index (χ2v) is 17.8. The normalized spacial score (nSPS) is 24.0. The first-order chi connectivity index (χ1) is 27.8. The quantitative estimate of drug-likeness (QED) is 0.0172. The Hall–Kier alpha value is -1.22. The standard InChI is InChI=1S/C44H84NO12P/c1-3-5-7-9-11-13-15-16-17-18-19-20-21-22-24-26-28-30-32-37(47)36(34-56-58(54,55)57-44-42(52)40(50)39(49)41(51)43(44)53)45-38(48)33-35(46)31-29-27-25-23-14-12-10-8-6-4-2/h12,14,30,32,35-37,39-44,46-47,49-53H,3-11,13,15-29,31,33-34H2,1-2H3,(H,45,48)(H,54,55)/b14-12-,32-30+. The molecule has 0 aromatic rings. The van der Waals surface area contributed by atoms with E-state index >= 15 is 0 Å². The van der Waals surface area contributed by atoms with E-state index < -0.39 is 75.2 Å². The summed E-state index contributed by atoms with van der Waals surface area (Å²) in [5, 5.41) is 74.3. The van der Waals surface area contributed by atoms with Gasteiger partial charge in [-0.05, 0) is 44.9 Å². The van der Waals surface area contributed by atoms with Gasteiger partial charge in [0.25, 0.3) is 0 Å². The van der Waals surface area contributed by atoms with E-state index in [9.17, 15) is 50.0 Å². The second-order valence-electron chi connectivity index (χ2n) is 16.4. The molecule has 8 atom stereocenters. The van der Waals surface area contributed by atoms with E-state index in [2.05, 4.69) is 31.3 Å². The maximum Gasteiger partial charge on any atom is 0.472 e. The molecule has 0 spiro atoms. The Labute approximate surface area is 350 Å². The molecular formula is C44H84NO12P. The predicted octanol–water partition coefficient (Wildman–Crippen LogP) is 7.20. The molecule has 0 saturated heterocycles. The van der Waals surface area contributed by atoms with Crippen LogP contribution in [0.5, 0.6) is 0 Å². The molecule has 1 aliphatic carbocycles. The zero-order valence-electron chi connectivity index (χ0n) is 36.0. The first-order valence-electron chi connectivity index (χ1n) is 22.9. The van der Waals surface area contributed by atoms with Crippen molar-refractivity contribution in [2.75, 3.05) is 6.61 Å². The van der Waals surface area contributed by atoms with Crippen molar-refractivity contribution in [1.82, 2.24) is 5.32 Å². The van der Waals surface area contributed by atoms with Gasteiger partial charge in [-0.1, -0.05) is 160 Å². The summed E-state index contributed by atoms with van der Waals surface area (Å²) in [6, 6.07) is -1.24. The molecule has 0 aromatic carbocycles. The molecule has 0 heterocycles. The molecule has 9 N–H and O–H groups in total. The molecule has 1 fully saturated rings. The van der Waals surface area contributed by atoms with Gasteiger partial charge >= 0.3 is 7.82 Å². The van der Waals surface area contributed by atoms with Crippen molar-refractivity contribution < 1.29 is 59.0 Å². The number of aliphatic hydroxyl groups is 7. The topological polar surface area (TPSA) is 226 Å². The van der Waals surface area contributed by atoms with Crippen LogP contribution in [0, 0.1) is 0 Å². The molecule has 1 rings (SSSR count). The van der Waals surface area contributed by atoms with Crippen LogP contribution in [0.2, 0.25) is 0 Å². The van der Waals surface area contributed by atoms with Crippen molar-refractivity contribution >= 4 is 13.7 Å². The minimum atomic E-state index is -5.14. The largest absolute Gasteiger partial charge is 0.472 e. The summed E-state index contributed by atoms with van der Waals surface area (Å²) in [5.41, 5.74) is 0. The molecule has 14 heteroatoms. The Morgan fingerprint density at radius 3 is 1.50 bits per heavy atom. The number of phosphoric ester groups is 1. The van der Waals surface area contributed by atoms with E-state index in [1.54, 1.807) is 6.08 Å². The van der Waals surface area contributed by atoms with Gasteiger partial charge in [0.15, 0.2) is 0 Å². The number of aliphatic hydroxyl groups excluding tert-OH is 7. The maximum atomic E-state index is 12.9. The summed E-state index contributed by atoms with van der Waals surface area (Å²) in [6.07, 6.45) is 22.8. The van der Waals surface area contributed by atoms with Gasteiger partial charge in [0, 0.05) is 0 Å². The van der Waals surface area contributed by atoms with Gasteiger partial charge < -0.3 is 46.0 Å². The third kappa shape index (κ3) is 26.2. The number of unbranched alkanes of at least 4 members (excludes halogenated alkanes) is 22. The Bertz CT molecular complexity index is 1100. The van der Waals surface area contributed by atoms with Crippen molar-refractivity contribution in [2.24, 2.45) is 0 Å². The molecule has 13 nitrogen and oxygen atoms in total. The fraction of sp³-hybridized carbons (Fsp3) is 0.886. The highest BCUT2D eigenvalue weighted by Crippen LogP contribution is 2.47. The molecule has 0 bridgehead atoms. The number of allylic oxidation sites excluding steroid dienone is 3. The van der Waals surface area contributed by atoms with Crippen molar-refractivity contribution in [1.29, 1.82) is 0 Å². The van der Waals surface area contributed by atoms with E-state index in [-0.39, 0.29) is 6.42 Å². The molecular weight excluding hydrogens is 765 g/mol. The second kappa shape index (κ2) is 34.4. The highest BCUT2D eigenvalue weighted by Gasteiger charge is 2.51. The number of amides is 1. The van der Waals surface area contributed by atoms with E-state index in [1.165, 1.54) is 109 Å². The Kier molecular flexibility index (Phi) is 32.5. The smallest absolute Gasteiger partial charge is 0.393 e. The monoisotopic (exact) mass is 850 g/mol. The number of nitrogens with one attached hydrogen (secondary N) is 1. The van der Waals surface area contributed by atoms with Gasteiger partial charge in [-0.25, -0.2) is 4.57 Å². The fourth-order valence-corrected chi connectivity index (χ4v) is 8.20. The van der Waals surface area contributed by atoms with Crippen LogP contribution in [-0.2, 0) is 18.4 Å². The molecule has 0 aliphatic heterocycles. The first-order valence-corrected chi connectivity index (χ1v) is 24.4. The summed E-state index contributed by atoms with van der Waals surface area (Å²) in [6.45, 7) is 3.69. The Balaban J connectivity index is 2.56. The van der Waals surface area contributed by atoms with Crippen LogP contribution in [0.15, 0.2) is 24.3 Å². The third-order valence-corrected chi connectivity index (χ3v) is 12.0. The van der Waals surface area contributed by atoms with Crippen molar-refractivity contribution in [3.05, 3.63) is 24.3 Å². The molecule has 0 radical (unpaired) electrons. The molecule has 342 valence electrons. The Morgan fingerprint density at radius 1 is 0.603 bits per heavy atom. The lowest BCUT2D eigenvalue weighted by Crippen LogP contribution is -2.64. The third-order valence-electron chi connectivity index (χ3n) is 11.0. The van der Waals surface area contributed by atoms with Crippen LogP contribution in [-0.4, -0.2) is 108 Å². The maximum absolute atomic E-state index is 12.9. The average Bonchev–Trinajstić information content (AvgIpc) is 3.19. The zero-order valence-corrected chi connectivity index (χ0v) is 36.9. The molecule has 1 aliphatic rings. The first kappa shape index (κ1) is 54.8. The summed E-state index contributed by atoms with van der Waals surface area (Å²) in [5.74, 6) is -0.603. The molecule has 8 unspecified atom stereocenters. The number of phosphoric acid groups is 1. The van der Waals surface area contributed by atoms with Crippen LogP contribution in [0.4, 0.5) is 0 Å². The van der Waals surface area contributed by atoms with Crippen LogP contribution >= 0.6 is 7.82 Å². The van der Waals surface area contributed by atoms with Crippen LogP contribution in [0.1, 0.15) is 187 Å². The SMILES string of the molecule is CCCCC/C=C\CCCCCC(O)CC(=O)NC(COP(=O)(O)OC1C(O)C(O)C(O)C(O)C1O)C(O)/C=C/CCCCCCCCCCCCCCCCCC. The molecule has 1 saturated carbocycles. The minimum absolute atomic E-state index is 0.255. The lowest BCUT2D eigenvalue weighted by Gasteiger charge is -2.41. The average molecular weight is 850 g/mol. The van der Waals surface area contributed by atoms with Gasteiger partial charge in [0.1, 0.15) is 36.6 Å². The highest BCUT2D eigenvalue weighted by atomic mass is 31.2. The van der Waals surface area contributed by atoms with E-state index in [0.717, 1.165) is 51.4 Å². The van der Waals surface area contributed by atoms with Crippen LogP contribution in [0.3, 0.4) is 0 Å². The van der Waals surface area contributed by atoms with Gasteiger partial charge in [-0.3, -0.25) is 13.8 Å². The number of rotatable bonds is 37. The van der Waals surface area contributed by atoms with Crippen LogP contribution < -0.4 is 5.32 Å². The van der Waals surface area contributed by atoms with E-state index in [4.69, 9.17) is 9.05 Å². The molecule has 0 aromatic heterocycles. The fourth-order valence-electron chi connectivity index (χ4n) is 7.23. The number of carbonyl (C=O) groups excluding carboxylic acids is 1. The minimum Gasteiger partial charge on any atom is -0.393 e. The van der Waals surface area contributed by atoms with Gasteiger partial charge in [-0.2, -0.15) is 0 Å². The number of hydrogen-bond donors (Lipinski definition) is 9. The van der Waals surface area contributed by atoms with E-state index in [0.29, 0.717) is 12.8 Å². The van der Waals surface area contributed by atoms with Crippen molar-refractivity contribution in [3.8, 4) is 0 Å². The molecule has 1 amide bonds. The van der Waals surface area contributed by atoms with E-state index in [1.807, 2.05) is 0 Å². The molecule has 58 heavy (non-hydrogen) atoms. The summed E-state index contributed by atoms with van der Waals surface area (Å²) in [7, 11) is -5.14. The number of carbonyl (C=O) groups is 1. The van der Waals surface area contributed by atoms with Gasteiger partial charge in [-0.15, -0.1) is 0 Å². The summed E-state index contributed by atoms with van der Waals surface area (Å²) in [4.78, 5) is 23.4. The predicted molar refractivity (Wildman–Crippen MR) is 229 cm³/mol. The van der Waals surface area contributed by atoms with Crippen molar-refractivity contribution in [2.45, 2.75) is 242 Å². The lowest BCUT2D eigenvalue weighted by molar-refractivity contribution is -0.220. The van der Waals surface area contributed by atoms with Gasteiger partial charge in [0.05, 0.1) is 31.3 Å². The number of hydrogen-bond acceptors (Lipinski definition) is 11. The zero-order chi connectivity index (χ0) is 43.0. The highest BCUT2D eigenvalue weighted by molar-refractivity contribution is 7.47. The Morgan fingerprint density at radius 2 is 1.00 bits per heavy atom. The summed E-state index contributed by atoms with van der Waals surface area (Å²) >= 11 is 0. The van der Waals surface area contributed by atoms with Crippen molar-refractivity contribution in [3.63, 3.8) is 0 Å². The van der Waals surface area contributed by atoms with Crippen LogP contribution in [0.25, 0.3) is 0 Å². The lowest BCUT2D eigenvalue weighted by atomic mass is 9.85. The van der Waals surface area contributed by atoms with Gasteiger partial charge in [0.2, 0.25) is 5.91 Å².